The van der Waals surface area contributed by atoms with E-state index in [1.807, 2.05) is 33.3 Å². The summed E-state index contributed by atoms with van der Waals surface area (Å²) in [7, 11) is 1.15. The average molecular weight is 1180 g/mol. The smallest absolute Gasteiger partial charge is 0.306 e. The number of phosphoric ester groups is 1. The van der Waals surface area contributed by atoms with E-state index in [-0.39, 0.29) is 24.9 Å². The fourth-order valence-electron chi connectivity index (χ4n) is 9.18. The molecule has 3 atom stereocenters. The van der Waals surface area contributed by atoms with Gasteiger partial charge in [-0.25, -0.2) is 0 Å². The number of amides is 1. The van der Waals surface area contributed by atoms with Gasteiger partial charge in [-0.15, -0.1) is 0 Å². The first-order valence-electron chi connectivity index (χ1n) is 33.8. The number of carbonyl (C=O) groups is 2. The molecule has 0 radical (unpaired) electrons. The van der Waals surface area contributed by atoms with Crippen LogP contribution in [0.1, 0.15) is 278 Å². The fourth-order valence-corrected chi connectivity index (χ4v) is 9.90. The van der Waals surface area contributed by atoms with Gasteiger partial charge in [-0.3, -0.25) is 14.2 Å². The lowest BCUT2D eigenvalue weighted by atomic mass is 10.0. The molecule has 0 aromatic heterocycles. The maximum Gasteiger partial charge on any atom is 0.306 e. The second-order valence-electron chi connectivity index (χ2n) is 23.6. The van der Waals surface area contributed by atoms with Crippen LogP contribution in [-0.2, 0) is 27.9 Å². The predicted octanol–water partition coefficient (Wildman–Crippen LogP) is 20.8. The molecule has 83 heavy (non-hydrogen) atoms. The number of esters is 1. The first-order chi connectivity index (χ1) is 40.4. The Hall–Kier alpha value is -3.59. The molecular formula is C73H127N2O7P. The second-order valence-corrected chi connectivity index (χ2v) is 25.0. The van der Waals surface area contributed by atoms with Crippen molar-refractivity contribution in [2.45, 2.75) is 290 Å². The Morgan fingerprint density at radius 1 is 0.434 bits per heavy atom. The van der Waals surface area contributed by atoms with E-state index >= 15 is 0 Å². The average Bonchev–Trinajstić information content (AvgIpc) is 3.46. The van der Waals surface area contributed by atoms with Crippen LogP contribution in [0.2, 0.25) is 0 Å². The number of nitrogens with zero attached hydrogens (tertiary/aromatic N) is 1. The number of quaternary nitrogens is 1. The molecule has 0 aliphatic heterocycles. The number of carbonyl (C=O) groups excluding carboxylic acids is 2. The predicted molar refractivity (Wildman–Crippen MR) is 357 cm³/mol. The molecule has 1 N–H and O–H groups in total. The Bertz CT molecular complexity index is 1830. The van der Waals surface area contributed by atoms with E-state index in [2.05, 4.69) is 135 Å². The molecule has 0 aromatic rings. The molecule has 0 aromatic carbocycles. The zero-order valence-electron chi connectivity index (χ0n) is 54.4. The topological polar surface area (TPSA) is 114 Å². The van der Waals surface area contributed by atoms with Crippen LogP contribution in [0, 0.1) is 0 Å². The van der Waals surface area contributed by atoms with Crippen LogP contribution in [0.3, 0.4) is 0 Å². The number of hydrogen-bond donors (Lipinski definition) is 1. The van der Waals surface area contributed by atoms with Crippen LogP contribution < -0.4 is 10.2 Å². The number of likely N-dealkylation sites (N-methyl/N-ethyl adjacent to an activating group) is 1. The highest BCUT2D eigenvalue weighted by molar-refractivity contribution is 7.45. The van der Waals surface area contributed by atoms with Crippen LogP contribution in [0.25, 0.3) is 0 Å². The van der Waals surface area contributed by atoms with Crippen molar-refractivity contribution in [3.8, 4) is 0 Å². The van der Waals surface area contributed by atoms with Gasteiger partial charge in [0.15, 0.2) is 0 Å². The third-order valence-corrected chi connectivity index (χ3v) is 15.3. The highest BCUT2D eigenvalue weighted by Crippen LogP contribution is 2.38. The third-order valence-electron chi connectivity index (χ3n) is 14.4. The van der Waals surface area contributed by atoms with Gasteiger partial charge in [0.1, 0.15) is 19.3 Å². The maximum absolute atomic E-state index is 13.6. The van der Waals surface area contributed by atoms with Crippen molar-refractivity contribution in [2.75, 3.05) is 40.9 Å². The number of nitrogens with one attached hydrogen (secondary N) is 1. The Kier molecular flexibility index (Phi) is 58.8. The maximum atomic E-state index is 13.6. The lowest BCUT2D eigenvalue weighted by Gasteiger charge is -2.30. The summed E-state index contributed by atoms with van der Waals surface area (Å²) < 4.78 is 30.4. The summed E-state index contributed by atoms with van der Waals surface area (Å²) >= 11 is 0. The van der Waals surface area contributed by atoms with Crippen LogP contribution >= 0.6 is 7.82 Å². The van der Waals surface area contributed by atoms with Crippen molar-refractivity contribution in [1.29, 1.82) is 0 Å². The lowest BCUT2D eigenvalue weighted by Crippen LogP contribution is -2.47. The number of phosphoric acid groups is 1. The van der Waals surface area contributed by atoms with E-state index < -0.39 is 26.6 Å². The second kappa shape index (κ2) is 61.5. The van der Waals surface area contributed by atoms with Crippen molar-refractivity contribution in [2.24, 2.45) is 0 Å². The summed E-state index contributed by atoms with van der Waals surface area (Å²) in [5.41, 5.74) is 0. The van der Waals surface area contributed by atoms with Gasteiger partial charge in [-0.1, -0.05) is 265 Å². The molecule has 0 aliphatic carbocycles. The molecule has 0 rings (SSSR count). The Morgan fingerprint density at radius 2 is 0.771 bits per heavy atom. The largest absolute Gasteiger partial charge is 0.756 e. The van der Waals surface area contributed by atoms with E-state index in [0.29, 0.717) is 23.9 Å². The fraction of sp³-hybridized carbons (Fsp3) is 0.699. The molecule has 0 bridgehead atoms. The number of rotatable bonds is 60. The van der Waals surface area contributed by atoms with Crippen LogP contribution in [0.4, 0.5) is 0 Å². The highest BCUT2D eigenvalue weighted by Gasteiger charge is 2.27. The summed E-state index contributed by atoms with van der Waals surface area (Å²) in [5.74, 6) is -0.589. The van der Waals surface area contributed by atoms with Gasteiger partial charge in [0, 0.05) is 12.8 Å². The molecule has 3 unspecified atom stereocenters. The normalized spacial score (nSPS) is 14.3. The number of allylic oxidation sites excluding steroid dienone is 19. The molecule has 0 saturated carbocycles. The van der Waals surface area contributed by atoms with Gasteiger partial charge >= 0.3 is 5.97 Å². The van der Waals surface area contributed by atoms with Gasteiger partial charge in [-0.05, 0) is 122 Å². The summed E-state index contributed by atoms with van der Waals surface area (Å²) in [5, 5.41) is 3.03. The van der Waals surface area contributed by atoms with Gasteiger partial charge in [0.05, 0.1) is 33.8 Å². The number of hydrogen-bond acceptors (Lipinski definition) is 7. The molecular weight excluding hydrogens is 1050 g/mol. The van der Waals surface area contributed by atoms with Crippen molar-refractivity contribution >= 4 is 19.7 Å². The number of ether oxygens (including phenoxy) is 1. The van der Waals surface area contributed by atoms with Crippen LogP contribution in [0.5, 0.6) is 0 Å². The molecule has 476 valence electrons. The number of unbranched alkanes of at least 4 members (excludes halogenated alkanes) is 26. The molecule has 0 saturated heterocycles. The molecule has 1 amide bonds. The first-order valence-corrected chi connectivity index (χ1v) is 35.3. The Labute approximate surface area is 512 Å². The first kappa shape index (κ1) is 79.4. The van der Waals surface area contributed by atoms with E-state index in [1.165, 1.54) is 116 Å². The van der Waals surface area contributed by atoms with Crippen molar-refractivity contribution in [3.05, 3.63) is 122 Å². The zero-order chi connectivity index (χ0) is 60.7. The molecule has 0 fully saturated rings. The van der Waals surface area contributed by atoms with E-state index in [1.54, 1.807) is 0 Å². The van der Waals surface area contributed by atoms with Crippen molar-refractivity contribution < 1.29 is 37.3 Å². The summed E-state index contributed by atoms with van der Waals surface area (Å²) in [6.07, 6.45) is 85.9. The molecule has 0 spiro atoms. The summed E-state index contributed by atoms with van der Waals surface area (Å²) in [6, 6.07) is -0.915. The van der Waals surface area contributed by atoms with Gasteiger partial charge < -0.3 is 28.5 Å². The van der Waals surface area contributed by atoms with Gasteiger partial charge in [0.2, 0.25) is 5.91 Å². The van der Waals surface area contributed by atoms with Crippen molar-refractivity contribution in [3.63, 3.8) is 0 Å². The lowest BCUT2D eigenvalue weighted by molar-refractivity contribution is -0.870. The SMILES string of the molecule is CC/C=C\C/C=C\C/C=C\C/C=C\C/C=C\CCCCCC(=O)OC(/C=C\CCCCCCCCCCCCC)C(COP(=O)([O-])OCC[N+](C)(C)C)NC(=O)CCCCCCCCCCC/C=C\C/C=C\C/C=C\C/C=C\CCCCC. The summed E-state index contributed by atoms with van der Waals surface area (Å²) in [6.45, 7) is 6.68. The van der Waals surface area contributed by atoms with E-state index in [9.17, 15) is 19.0 Å². The van der Waals surface area contributed by atoms with E-state index in [4.69, 9.17) is 13.8 Å². The Balaban J connectivity index is 5.24. The molecule has 0 aliphatic rings. The monoisotopic (exact) mass is 1170 g/mol. The van der Waals surface area contributed by atoms with E-state index in [0.717, 1.165) is 122 Å². The molecule has 9 nitrogen and oxygen atoms in total. The minimum Gasteiger partial charge on any atom is -0.756 e. The Morgan fingerprint density at radius 3 is 1.19 bits per heavy atom. The quantitative estimate of drug-likeness (QED) is 0.0212. The minimum absolute atomic E-state index is 0.0353. The van der Waals surface area contributed by atoms with Crippen LogP contribution in [-0.4, -0.2) is 69.4 Å². The highest BCUT2D eigenvalue weighted by atomic mass is 31.2. The van der Waals surface area contributed by atoms with Crippen LogP contribution in [0.15, 0.2) is 122 Å². The standard InChI is InChI=1S/C73H127N2O7P/c1-7-10-13-16-19-22-25-28-30-32-34-35-36-37-38-39-41-42-44-47-50-53-56-59-62-65-72(76)74-70(69-81-83(78,79)80-68-67-75(4,5)6)71(64-61-58-55-52-49-46-27-24-21-18-15-12-9-3)82-73(77)66-63-60-57-54-51-48-45-43-40-33-31-29-26-23-20-17-14-11-8-2/h11,14,19-20,22-23,28-31,34-35,37-38,40,43,48,51,61,64,70-71H,7-10,12-13,15-18,21,24-27,32-33,36,39,41-42,44-47,49-50,52-60,62-63,65-69H2,1-6H3,(H-,74,76,78,79)/b14-11-,22-19-,23-20-,30-28-,31-29-,35-34-,38-37-,43-40-,51-48-,64-61-. The third kappa shape index (κ3) is 62.8. The molecule has 10 heteroatoms. The minimum atomic E-state index is -4.72. The van der Waals surface area contributed by atoms with Crippen molar-refractivity contribution in [1.82, 2.24) is 5.32 Å². The van der Waals surface area contributed by atoms with Gasteiger partial charge in [-0.2, -0.15) is 0 Å². The zero-order valence-corrected chi connectivity index (χ0v) is 55.3. The summed E-state index contributed by atoms with van der Waals surface area (Å²) in [4.78, 5) is 40.1. The van der Waals surface area contributed by atoms with Gasteiger partial charge in [0.25, 0.3) is 7.82 Å². The molecule has 0 heterocycles.